The molecule has 0 bridgehead atoms. The van der Waals surface area contributed by atoms with Crippen LogP contribution in [0.15, 0.2) is 91.9 Å². The highest BCUT2D eigenvalue weighted by Gasteiger charge is 2.41. The second-order valence-electron chi connectivity index (χ2n) is 23.3. The van der Waals surface area contributed by atoms with Crippen molar-refractivity contribution in [1.82, 2.24) is 34.5 Å². The van der Waals surface area contributed by atoms with Crippen molar-refractivity contribution in [3.05, 3.63) is 131 Å². The van der Waals surface area contributed by atoms with E-state index in [1.54, 1.807) is 56.4 Å². The molecule has 82 heavy (non-hydrogen) atoms. The van der Waals surface area contributed by atoms with Crippen LogP contribution in [0.4, 0.5) is 45.9 Å². The maximum absolute atomic E-state index is 14.1. The smallest absolute Gasteiger partial charge is 0.392 e. The zero-order chi connectivity index (χ0) is 58.2. The zero-order valence-corrected chi connectivity index (χ0v) is 48.0. The monoisotopic (exact) mass is 1130 g/mol. The van der Waals surface area contributed by atoms with Gasteiger partial charge in [-0.25, -0.2) is 29.5 Å². The number of imide groups is 1. The summed E-state index contributed by atoms with van der Waals surface area (Å²) in [4.78, 5) is 103. The summed E-state index contributed by atoms with van der Waals surface area (Å²) in [5.74, 6) is -0.250. The van der Waals surface area contributed by atoms with E-state index in [-0.39, 0.29) is 58.4 Å². The number of aliphatic hydroxyl groups excluding tert-OH is 1. The van der Waals surface area contributed by atoms with Crippen molar-refractivity contribution >= 4 is 77.3 Å². The molecule has 1 unspecified atom stereocenters. The van der Waals surface area contributed by atoms with Gasteiger partial charge in [0.2, 0.25) is 5.91 Å². The minimum Gasteiger partial charge on any atom is -0.392 e. The van der Waals surface area contributed by atoms with Crippen molar-refractivity contribution in [2.45, 2.75) is 104 Å². The summed E-state index contributed by atoms with van der Waals surface area (Å²) < 4.78 is 13.9. The average Bonchev–Trinajstić information content (AvgIpc) is 2.69. The minimum absolute atomic E-state index is 0.0664. The molecule has 0 saturated carbocycles. The first-order valence-corrected chi connectivity index (χ1v) is 29.3. The lowest BCUT2D eigenvalue weighted by molar-refractivity contribution is -0.111. The van der Waals surface area contributed by atoms with Crippen LogP contribution >= 0.6 is 7.75 Å². The Morgan fingerprint density at radius 1 is 0.841 bits per heavy atom. The number of aromatic nitrogens is 5. The number of carbonyl (C=O) groups is 4. The summed E-state index contributed by atoms with van der Waals surface area (Å²) in [6.07, 6.45) is 9.48. The van der Waals surface area contributed by atoms with Crippen LogP contribution in [0, 0.1) is 5.41 Å². The molecule has 22 nitrogen and oxygen atoms in total. The molecule has 428 valence electrons. The van der Waals surface area contributed by atoms with Crippen molar-refractivity contribution in [3.8, 4) is 11.3 Å². The van der Waals surface area contributed by atoms with E-state index in [0.717, 1.165) is 61.6 Å². The Kier molecular flexibility index (Phi) is 14.7. The number of anilines is 8. The SMILES string of the molecule is C=CC(=O)Nc1cc(Nc2nc(-c3ccnc(N4CCn5c(cc6c5CC(C)(C)C6)C4=O)c3CO)cnc2NC)ccc1N1CCN(C2CCN(c3ccc4c(c3)C(=O)N(c3ccnc(C(C)(C)NP(=O)(O)O)c3)C4=O)[C@@H](C)C2)C[C@@H]1C. The number of hydrogen-bond acceptors (Lipinski definition) is 15. The van der Waals surface area contributed by atoms with E-state index in [2.05, 4.69) is 84.5 Å². The van der Waals surface area contributed by atoms with Crippen LogP contribution in [-0.4, -0.2) is 126 Å². The predicted molar refractivity (Wildman–Crippen MR) is 315 cm³/mol. The molecule has 2 saturated heterocycles. The van der Waals surface area contributed by atoms with Gasteiger partial charge in [0.25, 0.3) is 17.7 Å². The number of aliphatic hydroxyl groups is 1. The largest absolute Gasteiger partial charge is 0.401 e. The van der Waals surface area contributed by atoms with Crippen molar-refractivity contribution in [2.24, 2.45) is 5.41 Å². The van der Waals surface area contributed by atoms with E-state index in [1.165, 1.54) is 35.7 Å². The number of carbonyl (C=O) groups excluding carboxylic acids is 4. The number of piperazine rings is 1. The summed E-state index contributed by atoms with van der Waals surface area (Å²) in [7, 11) is -2.89. The van der Waals surface area contributed by atoms with Gasteiger partial charge in [-0.1, -0.05) is 20.4 Å². The molecule has 2 fully saturated rings. The van der Waals surface area contributed by atoms with Crippen molar-refractivity contribution in [2.75, 3.05) is 75.3 Å². The first-order valence-electron chi connectivity index (χ1n) is 27.7. The number of nitrogens with one attached hydrogen (secondary N) is 4. The third-order valence-electron chi connectivity index (χ3n) is 16.7. The Labute approximate surface area is 475 Å². The molecule has 11 rings (SSSR count). The van der Waals surface area contributed by atoms with Gasteiger partial charge < -0.3 is 45.2 Å². The quantitative estimate of drug-likeness (QED) is 0.0304. The molecule has 8 heterocycles. The fourth-order valence-corrected chi connectivity index (χ4v) is 13.6. The van der Waals surface area contributed by atoms with Crippen LogP contribution in [0.3, 0.4) is 0 Å². The maximum atomic E-state index is 14.1. The summed E-state index contributed by atoms with van der Waals surface area (Å²) in [6.45, 7) is 19.3. The fraction of sp³-hybridized carbons (Fsp3) is 0.390. The lowest BCUT2D eigenvalue weighted by atomic mass is 9.90. The van der Waals surface area contributed by atoms with Gasteiger partial charge in [0.1, 0.15) is 11.5 Å². The molecule has 23 heteroatoms. The van der Waals surface area contributed by atoms with Crippen molar-refractivity contribution in [1.29, 1.82) is 0 Å². The first kappa shape index (κ1) is 56.0. The third-order valence-corrected chi connectivity index (χ3v) is 17.5. The molecule has 4 aromatic heterocycles. The standard InChI is InChI=1S/C59H69N14O8P/c1-9-51(75)65-45-26-37(64-53-52(60-8)63-31-46(66-53)41-15-18-62-54(44(41)33-74)72-23-22-71-48(57(72)78)25-36-29-58(4,5)30-49(36)71)10-13-47(45)70-21-20-68(32-35(70)3)38-16-19-69(34(2)24-38)39-11-12-42-43(27-39)56(77)73(55(42)76)40-14-17-61-50(28-40)59(6,7)67-82(79,80)81/h9-15,17-18,25-28,31,34-35,38,74H,1,16,19-24,29-30,32-33H2,2-8H3,(H,60,63)(H,64,66)(H,65,75)(H3,67,79,80,81)/t34-,35-,38?/m0/s1. The van der Waals surface area contributed by atoms with Crippen LogP contribution in [0.2, 0.25) is 0 Å². The summed E-state index contributed by atoms with van der Waals surface area (Å²) >= 11 is 0. The van der Waals surface area contributed by atoms with Gasteiger partial charge >= 0.3 is 7.75 Å². The molecule has 4 aliphatic heterocycles. The highest BCUT2D eigenvalue weighted by Crippen LogP contribution is 2.43. The topological polar surface area (TPSA) is 267 Å². The number of hydrogen-bond donors (Lipinski definition) is 7. The summed E-state index contributed by atoms with van der Waals surface area (Å²) in [5.41, 5.74) is 7.44. The molecule has 5 aliphatic rings. The Bertz CT molecular complexity index is 3630. The molecular formula is C59H69N14O8P. The lowest BCUT2D eigenvalue weighted by Crippen LogP contribution is -2.58. The van der Waals surface area contributed by atoms with E-state index in [1.807, 2.05) is 30.3 Å². The molecule has 1 aliphatic carbocycles. The van der Waals surface area contributed by atoms with E-state index in [9.17, 15) is 38.6 Å². The average molecular weight is 1130 g/mol. The number of amides is 4. The normalized spacial score (nSPS) is 20.0. The first-order chi connectivity index (χ1) is 39.0. The van der Waals surface area contributed by atoms with Gasteiger partial charge in [-0.15, -0.1) is 0 Å². The van der Waals surface area contributed by atoms with E-state index in [4.69, 9.17) is 9.97 Å². The zero-order valence-electron chi connectivity index (χ0n) is 47.1. The van der Waals surface area contributed by atoms with Crippen molar-refractivity contribution < 1.29 is 38.6 Å². The van der Waals surface area contributed by atoms with E-state index < -0.39 is 25.1 Å². The van der Waals surface area contributed by atoms with Crippen molar-refractivity contribution in [3.63, 3.8) is 0 Å². The van der Waals surface area contributed by atoms with Crippen LogP contribution < -0.4 is 40.6 Å². The Balaban J connectivity index is 0.762. The fourth-order valence-electron chi connectivity index (χ4n) is 12.8. The number of fused-ring (bicyclic) bond motifs is 4. The highest BCUT2D eigenvalue weighted by atomic mass is 31.2. The molecule has 2 aromatic carbocycles. The molecule has 0 radical (unpaired) electrons. The second kappa shape index (κ2) is 21.5. The molecule has 7 N–H and O–H groups in total. The second-order valence-corrected chi connectivity index (χ2v) is 24.6. The van der Waals surface area contributed by atoms with E-state index in [0.29, 0.717) is 77.0 Å². The summed E-state index contributed by atoms with van der Waals surface area (Å²) in [6, 6.07) is 18.4. The molecular weight excluding hydrogens is 1060 g/mol. The number of nitrogens with zero attached hydrogens (tertiary/aromatic N) is 10. The summed E-state index contributed by atoms with van der Waals surface area (Å²) in [5, 5.41) is 22.8. The number of piperidine rings is 1. The predicted octanol–water partition coefficient (Wildman–Crippen LogP) is 7.21. The van der Waals surface area contributed by atoms with Gasteiger partial charge in [0.15, 0.2) is 11.6 Å². The Hall–Kier alpha value is -7.85. The van der Waals surface area contributed by atoms with Crippen LogP contribution in [0.25, 0.3) is 11.3 Å². The van der Waals surface area contributed by atoms with Gasteiger partial charge in [0.05, 0.1) is 57.9 Å². The molecule has 6 aromatic rings. The number of rotatable bonds is 15. The highest BCUT2D eigenvalue weighted by molar-refractivity contribution is 7.49. The van der Waals surface area contributed by atoms with Gasteiger partial charge in [-0.05, 0) is 131 Å². The van der Waals surface area contributed by atoms with E-state index >= 15 is 0 Å². The lowest BCUT2D eigenvalue weighted by Gasteiger charge is -2.48. The third kappa shape index (κ3) is 10.5. The van der Waals surface area contributed by atoms with Crippen LogP contribution in [-0.2, 0) is 40.9 Å². The number of pyridine rings is 2. The van der Waals surface area contributed by atoms with Gasteiger partial charge in [-0.3, -0.25) is 34.0 Å². The molecule has 0 spiro atoms. The van der Waals surface area contributed by atoms with Gasteiger partial charge in [-0.2, -0.15) is 0 Å². The Morgan fingerprint density at radius 3 is 2.35 bits per heavy atom. The van der Waals surface area contributed by atoms with Crippen LogP contribution in [0.5, 0.6) is 0 Å². The van der Waals surface area contributed by atoms with Crippen LogP contribution in [0.1, 0.15) is 108 Å². The minimum atomic E-state index is -4.63. The maximum Gasteiger partial charge on any atom is 0.401 e. The molecule has 3 atom stereocenters. The molecule has 4 amide bonds. The number of benzene rings is 2. The van der Waals surface area contributed by atoms with Gasteiger partial charge in [0, 0.05) is 105 Å². The Morgan fingerprint density at radius 2 is 1.62 bits per heavy atom.